The molecule has 1 N–H and O–H groups in total. The predicted molar refractivity (Wildman–Crippen MR) is 64.7 cm³/mol. The molecule has 0 saturated carbocycles. The fraction of sp³-hybridized carbons (Fsp3) is 0. The van der Waals surface area contributed by atoms with Gasteiger partial charge in [0.15, 0.2) is 0 Å². The Morgan fingerprint density at radius 3 is 2.67 bits per heavy atom. The van der Waals surface area contributed by atoms with Crippen molar-refractivity contribution in [2.24, 2.45) is 4.99 Å². The van der Waals surface area contributed by atoms with Gasteiger partial charge in [-0.25, -0.2) is 0 Å². The molecular formula is C11H8ClNOS. The minimum absolute atomic E-state index is 0.177. The van der Waals surface area contributed by atoms with Crippen LogP contribution in [0.3, 0.4) is 0 Å². The molecule has 0 aliphatic heterocycles. The minimum atomic E-state index is 0.177. The van der Waals surface area contributed by atoms with E-state index in [1.165, 1.54) is 11.3 Å². The monoisotopic (exact) mass is 237 g/mol. The number of hydrogen-bond acceptors (Lipinski definition) is 3. The maximum absolute atomic E-state index is 9.46. The topological polar surface area (TPSA) is 32.6 Å². The number of hydrogen-bond donors (Lipinski definition) is 1. The molecule has 0 spiro atoms. The van der Waals surface area contributed by atoms with Crippen molar-refractivity contribution in [1.29, 1.82) is 0 Å². The van der Waals surface area contributed by atoms with Crippen molar-refractivity contribution in [1.82, 2.24) is 0 Å². The minimum Gasteiger partial charge on any atom is -0.506 e. The second-order valence-corrected chi connectivity index (χ2v) is 4.64. The number of benzene rings is 1. The average molecular weight is 238 g/mol. The zero-order valence-corrected chi connectivity index (χ0v) is 9.29. The Morgan fingerprint density at radius 1 is 1.20 bits per heavy atom. The largest absolute Gasteiger partial charge is 0.506 e. The van der Waals surface area contributed by atoms with E-state index in [-0.39, 0.29) is 5.75 Å². The van der Waals surface area contributed by atoms with Gasteiger partial charge in [-0.1, -0.05) is 23.7 Å². The third kappa shape index (κ3) is 2.58. The van der Waals surface area contributed by atoms with E-state index in [0.29, 0.717) is 5.69 Å². The van der Waals surface area contributed by atoms with Gasteiger partial charge in [0.1, 0.15) is 11.4 Å². The highest BCUT2D eigenvalue weighted by atomic mass is 35.5. The molecule has 2 rings (SSSR count). The average Bonchev–Trinajstić information content (AvgIpc) is 2.63. The molecule has 2 aromatic rings. The molecule has 1 aromatic carbocycles. The first-order valence-corrected chi connectivity index (χ1v) is 5.52. The van der Waals surface area contributed by atoms with Crippen LogP contribution in [0.4, 0.5) is 5.69 Å². The van der Waals surface area contributed by atoms with Gasteiger partial charge in [0.2, 0.25) is 0 Å². The van der Waals surface area contributed by atoms with E-state index in [0.717, 1.165) is 9.21 Å². The molecule has 2 nitrogen and oxygen atoms in total. The Balaban J connectivity index is 2.22. The molecule has 1 heterocycles. The highest BCUT2D eigenvalue weighted by Crippen LogP contribution is 2.26. The lowest BCUT2D eigenvalue weighted by atomic mass is 10.3. The third-order valence-electron chi connectivity index (χ3n) is 1.81. The van der Waals surface area contributed by atoms with E-state index in [1.54, 1.807) is 24.4 Å². The Bertz CT molecular complexity index is 493. The molecule has 0 atom stereocenters. The number of thiophene rings is 1. The summed E-state index contributed by atoms with van der Waals surface area (Å²) in [7, 11) is 0. The van der Waals surface area contributed by atoms with Gasteiger partial charge in [0.05, 0.1) is 4.34 Å². The summed E-state index contributed by atoms with van der Waals surface area (Å²) < 4.78 is 0.730. The molecule has 0 unspecified atom stereocenters. The maximum Gasteiger partial charge on any atom is 0.141 e. The Kier molecular flexibility index (Phi) is 3.04. The first-order valence-electron chi connectivity index (χ1n) is 4.33. The Morgan fingerprint density at radius 2 is 2.00 bits per heavy atom. The Hall–Kier alpha value is -1.32. The second kappa shape index (κ2) is 4.47. The lowest BCUT2D eigenvalue weighted by Gasteiger charge is -1.95. The lowest BCUT2D eigenvalue weighted by molar-refractivity contribution is 0.477. The van der Waals surface area contributed by atoms with Crippen molar-refractivity contribution in [3.05, 3.63) is 45.6 Å². The van der Waals surface area contributed by atoms with Crippen LogP contribution in [0.1, 0.15) is 4.88 Å². The highest BCUT2D eigenvalue weighted by Gasteiger charge is 1.97. The van der Waals surface area contributed by atoms with Gasteiger partial charge in [0.25, 0.3) is 0 Å². The lowest BCUT2D eigenvalue weighted by Crippen LogP contribution is -1.72. The number of halogens is 1. The predicted octanol–water partition coefficient (Wildman–Crippen LogP) is 3.86. The zero-order chi connectivity index (χ0) is 10.7. The van der Waals surface area contributed by atoms with Gasteiger partial charge in [-0.15, -0.1) is 11.3 Å². The van der Waals surface area contributed by atoms with Gasteiger partial charge >= 0.3 is 0 Å². The summed E-state index contributed by atoms with van der Waals surface area (Å²) in [4.78, 5) is 5.13. The number of phenols is 1. The van der Waals surface area contributed by atoms with Crippen molar-refractivity contribution in [2.45, 2.75) is 0 Å². The molecule has 1 aromatic heterocycles. The first-order chi connectivity index (χ1) is 7.25. The summed E-state index contributed by atoms with van der Waals surface area (Å²) in [6.45, 7) is 0. The van der Waals surface area contributed by atoms with Crippen LogP contribution < -0.4 is 0 Å². The SMILES string of the molecule is Oc1ccccc1N=Cc1ccc(Cl)s1. The first kappa shape index (κ1) is 10.2. The van der Waals surface area contributed by atoms with Crippen molar-refractivity contribution in [2.75, 3.05) is 0 Å². The molecule has 76 valence electrons. The van der Waals surface area contributed by atoms with Crippen LogP contribution in [0.25, 0.3) is 0 Å². The van der Waals surface area contributed by atoms with E-state index >= 15 is 0 Å². The van der Waals surface area contributed by atoms with Crippen LogP contribution >= 0.6 is 22.9 Å². The molecule has 0 aliphatic carbocycles. The molecule has 0 aliphatic rings. The van der Waals surface area contributed by atoms with Gasteiger partial charge in [0, 0.05) is 11.1 Å². The fourth-order valence-electron chi connectivity index (χ4n) is 1.10. The number of nitrogens with zero attached hydrogens (tertiary/aromatic N) is 1. The Labute approximate surface area is 96.5 Å². The zero-order valence-electron chi connectivity index (χ0n) is 7.72. The quantitative estimate of drug-likeness (QED) is 0.791. The van der Waals surface area contributed by atoms with Crippen LogP contribution in [0.2, 0.25) is 4.34 Å². The number of aliphatic imine (C=N–C) groups is 1. The molecule has 0 amide bonds. The second-order valence-electron chi connectivity index (χ2n) is 2.89. The van der Waals surface area contributed by atoms with Crippen molar-refractivity contribution >= 4 is 34.8 Å². The van der Waals surface area contributed by atoms with Crippen molar-refractivity contribution < 1.29 is 5.11 Å². The molecule has 4 heteroatoms. The van der Waals surface area contributed by atoms with Crippen LogP contribution in [0.5, 0.6) is 5.75 Å². The molecule has 15 heavy (non-hydrogen) atoms. The van der Waals surface area contributed by atoms with E-state index < -0.39 is 0 Å². The van der Waals surface area contributed by atoms with Gasteiger partial charge in [-0.3, -0.25) is 4.99 Å². The summed E-state index contributed by atoms with van der Waals surface area (Å²) in [5.41, 5.74) is 0.557. The van der Waals surface area contributed by atoms with Gasteiger partial charge in [-0.05, 0) is 24.3 Å². The summed E-state index contributed by atoms with van der Waals surface area (Å²) >= 11 is 7.23. The summed E-state index contributed by atoms with van der Waals surface area (Å²) in [6.07, 6.45) is 1.69. The van der Waals surface area contributed by atoms with E-state index in [1.807, 2.05) is 18.2 Å². The summed E-state index contributed by atoms with van der Waals surface area (Å²) in [6, 6.07) is 10.6. The number of phenolic OH excluding ortho intramolecular Hbond substituents is 1. The standard InChI is InChI=1S/C11H8ClNOS/c12-11-6-5-8(15-11)7-13-9-3-1-2-4-10(9)14/h1-7,14H. The molecule has 0 saturated heterocycles. The van der Waals surface area contributed by atoms with Crippen LogP contribution in [-0.2, 0) is 0 Å². The molecule has 0 bridgehead atoms. The van der Waals surface area contributed by atoms with Gasteiger partial charge < -0.3 is 5.11 Å². The number of para-hydroxylation sites is 2. The normalized spacial score (nSPS) is 11.0. The van der Waals surface area contributed by atoms with E-state index in [2.05, 4.69) is 4.99 Å². The maximum atomic E-state index is 9.46. The number of aromatic hydroxyl groups is 1. The van der Waals surface area contributed by atoms with Crippen LogP contribution in [-0.4, -0.2) is 11.3 Å². The number of rotatable bonds is 2. The molecular weight excluding hydrogens is 230 g/mol. The van der Waals surface area contributed by atoms with Crippen LogP contribution in [0, 0.1) is 0 Å². The molecule has 0 radical (unpaired) electrons. The van der Waals surface area contributed by atoms with Crippen LogP contribution in [0.15, 0.2) is 41.4 Å². The molecule has 0 fully saturated rings. The fourth-order valence-corrected chi connectivity index (χ4v) is 2.04. The van der Waals surface area contributed by atoms with Crippen molar-refractivity contribution in [3.8, 4) is 5.75 Å². The van der Waals surface area contributed by atoms with E-state index in [4.69, 9.17) is 11.6 Å². The third-order valence-corrected chi connectivity index (χ3v) is 2.97. The van der Waals surface area contributed by atoms with E-state index in [9.17, 15) is 5.11 Å². The summed E-state index contributed by atoms with van der Waals surface area (Å²) in [5.74, 6) is 0.177. The van der Waals surface area contributed by atoms with Crippen molar-refractivity contribution in [3.63, 3.8) is 0 Å². The van der Waals surface area contributed by atoms with Gasteiger partial charge in [-0.2, -0.15) is 0 Å². The smallest absolute Gasteiger partial charge is 0.141 e. The highest BCUT2D eigenvalue weighted by molar-refractivity contribution is 7.17. The summed E-state index contributed by atoms with van der Waals surface area (Å²) in [5, 5.41) is 9.46.